The molecule has 0 rings (SSSR count). The summed E-state index contributed by atoms with van der Waals surface area (Å²) in [5.41, 5.74) is 0. The van der Waals surface area contributed by atoms with Gasteiger partial charge >= 0.3 is 17.9 Å². The summed E-state index contributed by atoms with van der Waals surface area (Å²) in [6, 6.07) is 0. The Morgan fingerprint density at radius 3 is 1.21 bits per heavy atom. The number of carbonyl (C=O) groups excluding carboxylic acids is 3. The maximum absolute atomic E-state index is 12.8. The minimum absolute atomic E-state index is 0.108. The van der Waals surface area contributed by atoms with E-state index in [-0.39, 0.29) is 37.5 Å². The van der Waals surface area contributed by atoms with Crippen molar-refractivity contribution in [2.75, 3.05) is 13.2 Å². The number of rotatable bonds is 43. The Morgan fingerprint density at radius 1 is 0.349 bits per heavy atom. The fraction of sp³-hybridized carbons (Fsp3) is 0.596. The highest BCUT2D eigenvalue weighted by Gasteiger charge is 2.19. The largest absolute Gasteiger partial charge is 0.462 e. The van der Waals surface area contributed by atoms with Crippen molar-refractivity contribution in [2.45, 2.75) is 207 Å². The van der Waals surface area contributed by atoms with Crippen molar-refractivity contribution in [1.29, 1.82) is 0 Å². The molecule has 0 fully saturated rings. The Morgan fingerprint density at radius 2 is 0.714 bits per heavy atom. The fourth-order valence-electron chi connectivity index (χ4n) is 6.27. The summed E-state index contributed by atoms with van der Waals surface area (Å²) in [5, 5.41) is 0. The molecule has 1 atom stereocenters. The van der Waals surface area contributed by atoms with E-state index in [1.807, 2.05) is 36.5 Å². The summed E-state index contributed by atoms with van der Waals surface area (Å²) in [6.45, 7) is 6.32. The normalized spacial score (nSPS) is 13.1. The third-order valence-electron chi connectivity index (χ3n) is 10.0. The average Bonchev–Trinajstić information content (AvgIpc) is 3.28. The van der Waals surface area contributed by atoms with E-state index in [0.717, 1.165) is 122 Å². The predicted molar refractivity (Wildman–Crippen MR) is 269 cm³/mol. The molecule has 0 spiro atoms. The monoisotopic (exact) mass is 871 g/mol. The second kappa shape index (κ2) is 50.5. The van der Waals surface area contributed by atoms with Gasteiger partial charge < -0.3 is 14.2 Å². The zero-order chi connectivity index (χ0) is 45.8. The smallest absolute Gasteiger partial charge is 0.306 e. The minimum Gasteiger partial charge on any atom is -0.462 e. The Labute approximate surface area is 386 Å². The van der Waals surface area contributed by atoms with Crippen molar-refractivity contribution < 1.29 is 28.6 Å². The molecule has 0 aliphatic carbocycles. The first kappa shape index (κ1) is 58.8. The molecule has 0 amide bonds. The van der Waals surface area contributed by atoms with Gasteiger partial charge in [-0.3, -0.25) is 14.4 Å². The molecule has 0 radical (unpaired) electrons. The van der Waals surface area contributed by atoms with Gasteiger partial charge in [0.2, 0.25) is 0 Å². The molecule has 0 aromatic heterocycles. The van der Waals surface area contributed by atoms with Crippen LogP contribution in [-0.2, 0) is 28.6 Å². The summed E-state index contributed by atoms with van der Waals surface area (Å²) in [6.07, 6.45) is 68.9. The van der Waals surface area contributed by atoms with Crippen LogP contribution in [0, 0.1) is 0 Å². The second-order valence-corrected chi connectivity index (χ2v) is 16.1. The second-order valence-electron chi connectivity index (χ2n) is 16.1. The summed E-state index contributed by atoms with van der Waals surface area (Å²) in [4.78, 5) is 37.9. The van der Waals surface area contributed by atoms with E-state index in [0.29, 0.717) is 19.3 Å². The Balaban J connectivity index is 4.52. The molecule has 0 saturated heterocycles. The Kier molecular flexibility index (Phi) is 47.1. The maximum Gasteiger partial charge on any atom is 0.306 e. The Hall–Kier alpha value is -4.19. The van der Waals surface area contributed by atoms with Crippen LogP contribution in [-0.4, -0.2) is 37.2 Å². The van der Waals surface area contributed by atoms with E-state index >= 15 is 0 Å². The van der Waals surface area contributed by atoms with Crippen molar-refractivity contribution in [2.24, 2.45) is 0 Å². The molecule has 0 aromatic carbocycles. The van der Waals surface area contributed by atoms with Crippen LogP contribution >= 0.6 is 0 Å². The Bertz CT molecular complexity index is 1370. The van der Waals surface area contributed by atoms with Gasteiger partial charge in [-0.2, -0.15) is 0 Å². The van der Waals surface area contributed by atoms with Gasteiger partial charge in [0.05, 0.1) is 0 Å². The highest BCUT2D eigenvalue weighted by atomic mass is 16.6. The number of ether oxygens (including phenoxy) is 3. The number of hydrogen-bond donors (Lipinski definition) is 0. The molecule has 6 nitrogen and oxygen atoms in total. The van der Waals surface area contributed by atoms with Crippen molar-refractivity contribution in [3.8, 4) is 0 Å². The molecular weight excluding hydrogens is 781 g/mol. The fourth-order valence-corrected chi connectivity index (χ4v) is 6.27. The third-order valence-corrected chi connectivity index (χ3v) is 10.0. The average molecular weight is 871 g/mol. The summed E-state index contributed by atoms with van der Waals surface area (Å²) in [5.74, 6) is -0.984. The van der Waals surface area contributed by atoms with E-state index in [4.69, 9.17) is 14.2 Å². The molecular formula is C57H90O6. The van der Waals surface area contributed by atoms with Gasteiger partial charge in [-0.1, -0.05) is 206 Å². The zero-order valence-electron chi connectivity index (χ0n) is 40.3. The SMILES string of the molecule is CC/C=C\C/C=C\C/C=C\C/C=C\CCCCCC(=O)OC(COC(=O)CCCCCCC\C=C/C=C\C=C/C=C\C=C/CCC)COC(=O)CCCCCCC/C=C\CCCC. The lowest BCUT2D eigenvalue weighted by atomic mass is 10.1. The molecule has 0 bridgehead atoms. The molecule has 0 aliphatic rings. The van der Waals surface area contributed by atoms with Crippen molar-refractivity contribution in [3.63, 3.8) is 0 Å². The number of unbranched alkanes of at least 4 members (excludes halogenated alkanes) is 16. The minimum atomic E-state index is -0.811. The van der Waals surface area contributed by atoms with E-state index in [2.05, 4.69) is 106 Å². The third kappa shape index (κ3) is 48.7. The van der Waals surface area contributed by atoms with Crippen molar-refractivity contribution in [1.82, 2.24) is 0 Å². The van der Waals surface area contributed by atoms with Crippen LogP contribution in [0.25, 0.3) is 0 Å². The van der Waals surface area contributed by atoms with Crippen LogP contribution in [0.4, 0.5) is 0 Å². The molecule has 0 N–H and O–H groups in total. The molecule has 1 unspecified atom stereocenters. The van der Waals surface area contributed by atoms with E-state index in [9.17, 15) is 14.4 Å². The molecule has 354 valence electrons. The predicted octanol–water partition coefficient (Wildman–Crippen LogP) is 16.5. The number of allylic oxidation sites excluding steroid dienone is 20. The van der Waals surface area contributed by atoms with Crippen LogP contribution in [0.3, 0.4) is 0 Å². The summed E-state index contributed by atoms with van der Waals surface area (Å²) >= 11 is 0. The van der Waals surface area contributed by atoms with Crippen LogP contribution in [0.1, 0.15) is 201 Å². The van der Waals surface area contributed by atoms with Crippen LogP contribution in [0.15, 0.2) is 122 Å². The van der Waals surface area contributed by atoms with E-state index in [1.54, 1.807) is 0 Å². The molecule has 0 aromatic rings. The maximum atomic E-state index is 12.8. The van der Waals surface area contributed by atoms with Crippen LogP contribution < -0.4 is 0 Å². The quantitative estimate of drug-likeness (QED) is 0.0200. The first-order chi connectivity index (χ1) is 31.0. The molecule has 6 heteroatoms. The van der Waals surface area contributed by atoms with Gasteiger partial charge in [0.25, 0.3) is 0 Å². The van der Waals surface area contributed by atoms with E-state index < -0.39 is 6.10 Å². The van der Waals surface area contributed by atoms with Crippen molar-refractivity contribution >= 4 is 17.9 Å². The standard InChI is InChI=1S/C57H90O6/c1-4-7-10-13-16-19-22-24-26-28-29-31-32-35-38-41-44-47-50-56(59)62-53-54(52-61-55(58)49-46-43-40-37-34-21-18-15-12-9-6-3)63-57(60)51-48-45-42-39-36-33-30-27-25-23-20-17-14-11-8-5-2/h8,10-11,13,15-20,22,24-29,31,33,36,54H,4-7,9,12,14,21,23,30,32,34-35,37-53H2,1-3H3/b11-8-,13-10-,18-15-,19-16-,20-17-,24-22-,27-25-,28-26-,31-29-,36-33-. The highest BCUT2D eigenvalue weighted by Crippen LogP contribution is 2.12. The highest BCUT2D eigenvalue weighted by molar-refractivity contribution is 5.71. The number of hydrogen-bond acceptors (Lipinski definition) is 6. The molecule has 0 aliphatic heterocycles. The molecule has 0 heterocycles. The summed E-state index contributed by atoms with van der Waals surface area (Å²) in [7, 11) is 0. The lowest BCUT2D eigenvalue weighted by molar-refractivity contribution is -0.167. The van der Waals surface area contributed by atoms with Crippen LogP contribution in [0.5, 0.6) is 0 Å². The van der Waals surface area contributed by atoms with Gasteiger partial charge in [-0.05, 0) is 96.3 Å². The van der Waals surface area contributed by atoms with Gasteiger partial charge in [-0.15, -0.1) is 0 Å². The summed E-state index contributed by atoms with van der Waals surface area (Å²) < 4.78 is 16.7. The van der Waals surface area contributed by atoms with E-state index in [1.165, 1.54) is 32.1 Å². The van der Waals surface area contributed by atoms with Gasteiger partial charge in [-0.25, -0.2) is 0 Å². The number of esters is 3. The van der Waals surface area contributed by atoms with Gasteiger partial charge in [0.1, 0.15) is 13.2 Å². The first-order valence-corrected chi connectivity index (χ1v) is 25.1. The molecule has 63 heavy (non-hydrogen) atoms. The number of carbonyl (C=O) groups is 3. The van der Waals surface area contributed by atoms with Gasteiger partial charge in [0, 0.05) is 19.3 Å². The lowest BCUT2D eigenvalue weighted by Crippen LogP contribution is -2.30. The first-order valence-electron chi connectivity index (χ1n) is 25.1. The van der Waals surface area contributed by atoms with Gasteiger partial charge in [0.15, 0.2) is 6.10 Å². The molecule has 0 saturated carbocycles. The topological polar surface area (TPSA) is 78.9 Å². The van der Waals surface area contributed by atoms with Crippen LogP contribution in [0.2, 0.25) is 0 Å². The van der Waals surface area contributed by atoms with Crippen molar-refractivity contribution in [3.05, 3.63) is 122 Å². The lowest BCUT2D eigenvalue weighted by Gasteiger charge is -2.18. The zero-order valence-corrected chi connectivity index (χ0v) is 40.3.